The van der Waals surface area contributed by atoms with Gasteiger partial charge in [-0.15, -0.1) is 0 Å². The van der Waals surface area contributed by atoms with Crippen molar-refractivity contribution in [2.24, 2.45) is 0 Å². The maximum atomic E-state index is 13.2. The standard InChI is InChI=1S/C18H20FN3O4S/c1-21(2)18(24)13-7-9-16(10-8-13)22(27(3,25)26)12-17(23)20-15-6-4-5-14(19)11-15/h4-11H,12H2,1-3H3,(H,20,23). The molecule has 0 saturated heterocycles. The van der Waals surface area contributed by atoms with Crippen molar-refractivity contribution < 1.29 is 22.4 Å². The van der Waals surface area contributed by atoms with Crippen LogP contribution < -0.4 is 9.62 Å². The molecule has 0 bridgehead atoms. The van der Waals surface area contributed by atoms with Gasteiger partial charge in [0.25, 0.3) is 5.91 Å². The van der Waals surface area contributed by atoms with Crippen molar-refractivity contribution in [2.45, 2.75) is 0 Å². The van der Waals surface area contributed by atoms with Crippen LogP contribution in [0, 0.1) is 5.82 Å². The zero-order valence-corrected chi connectivity index (χ0v) is 16.0. The molecule has 0 unspecified atom stereocenters. The Kier molecular flexibility index (Phi) is 6.17. The molecule has 0 aliphatic rings. The largest absolute Gasteiger partial charge is 0.345 e. The first-order valence-electron chi connectivity index (χ1n) is 7.93. The summed E-state index contributed by atoms with van der Waals surface area (Å²) in [7, 11) is -0.546. The van der Waals surface area contributed by atoms with Crippen LogP contribution in [-0.2, 0) is 14.8 Å². The third-order valence-electron chi connectivity index (χ3n) is 3.60. The summed E-state index contributed by atoms with van der Waals surface area (Å²) >= 11 is 0. The fourth-order valence-corrected chi connectivity index (χ4v) is 3.18. The molecule has 2 aromatic rings. The minimum atomic E-state index is -3.76. The van der Waals surface area contributed by atoms with Crippen molar-refractivity contribution in [3.05, 3.63) is 59.9 Å². The molecule has 0 aliphatic heterocycles. The van der Waals surface area contributed by atoms with E-state index in [1.165, 1.54) is 47.4 Å². The number of nitrogens with one attached hydrogen (secondary N) is 1. The molecule has 0 radical (unpaired) electrons. The molecule has 1 N–H and O–H groups in total. The van der Waals surface area contributed by atoms with Crippen molar-refractivity contribution in [1.29, 1.82) is 0 Å². The summed E-state index contributed by atoms with van der Waals surface area (Å²) in [6.45, 7) is -0.490. The maximum absolute atomic E-state index is 13.2. The van der Waals surface area contributed by atoms with Crippen LogP contribution in [0.4, 0.5) is 15.8 Å². The lowest BCUT2D eigenvalue weighted by molar-refractivity contribution is -0.114. The van der Waals surface area contributed by atoms with Gasteiger partial charge in [0.05, 0.1) is 11.9 Å². The number of nitrogens with zero attached hydrogens (tertiary/aromatic N) is 2. The molecule has 2 rings (SSSR count). The number of amides is 2. The van der Waals surface area contributed by atoms with Crippen molar-refractivity contribution >= 4 is 33.2 Å². The van der Waals surface area contributed by atoms with Crippen molar-refractivity contribution in [2.75, 3.05) is 36.5 Å². The Labute approximate surface area is 157 Å². The van der Waals surface area contributed by atoms with E-state index in [-0.39, 0.29) is 17.3 Å². The van der Waals surface area contributed by atoms with Crippen LogP contribution in [0.3, 0.4) is 0 Å². The Morgan fingerprint density at radius 3 is 2.22 bits per heavy atom. The number of anilines is 2. The highest BCUT2D eigenvalue weighted by Gasteiger charge is 2.21. The predicted molar refractivity (Wildman–Crippen MR) is 102 cm³/mol. The van der Waals surface area contributed by atoms with E-state index in [0.717, 1.165) is 16.6 Å². The number of benzene rings is 2. The first kappa shape index (κ1) is 20.4. The molecular weight excluding hydrogens is 373 g/mol. The second kappa shape index (κ2) is 8.17. The molecule has 0 spiro atoms. The van der Waals surface area contributed by atoms with E-state index in [4.69, 9.17) is 0 Å². The molecular formula is C18H20FN3O4S. The number of sulfonamides is 1. The second-order valence-corrected chi connectivity index (χ2v) is 7.98. The quantitative estimate of drug-likeness (QED) is 0.813. The molecule has 0 heterocycles. The fourth-order valence-electron chi connectivity index (χ4n) is 2.33. The van der Waals surface area contributed by atoms with Crippen LogP contribution >= 0.6 is 0 Å². The Balaban J connectivity index is 2.21. The van der Waals surface area contributed by atoms with Crippen molar-refractivity contribution in [3.63, 3.8) is 0 Å². The van der Waals surface area contributed by atoms with Crippen LogP contribution in [0.25, 0.3) is 0 Å². The Morgan fingerprint density at radius 1 is 1.07 bits per heavy atom. The van der Waals surface area contributed by atoms with Crippen LogP contribution in [-0.4, -0.2) is 52.0 Å². The van der Waals surface area contributed by atoms with E-state index in [2.05, 4.69) is 5.32 Å². The fraction of sp³-hybridized carbons (Fsp3) is 0.222. The lowest BCUT2D eigenvalue weighted by atomic mass is 10.2. The molecule has 9 heteroatoms. The first-order valence-corrected chi connectivity index (χ1v) is 9.77. The van der Waals surface area contributed by atoms with Gasteiger partial charge in [-0.3, -0.25) is 13.9 Å². The molecule has 0 fully saturated rings. The van der Waals surface area contributed by atoms with Gasteiger partial charge in [-0.05, 0) is 42.5 Å². The topological polar surface area (TPSA) is 86.8 Å². The molecule has 0 aliphatic carbocycles. The summed E-state index contributed by atoms with van der Waals surface area (Å²) in [4.78, 5) is 25.5. The van der Waals surface area contributed by atoms with Gasteiger partial charge in [-0.25, -0.2) is 12.8 Å². The predicted octanol–water partition coefficient (Wildman–Crippen LogP) is 1.93. The van der Waals surface area contributed by atoms with Crippen LogP contribution in [0.15, 0.2) is 48.5 Å². The van der Waals surface area contributed by atoms with E-state index in [0.29, 0.717) is 5.56 Å². The minimum Gasteiger partial charge on any atom is -0.345 e. The van der Waals surface area contributed by atoms with Crippen molar-refractivity contribution in [3.8, 4) is 0 Å². The zero-order valence-electron chi connectivity index (χ0n) is 15.1. The van der Waals surface area contributed by atoms with Gasteiger partial charge < -0.3 is 10.2 Å². The summed E-state index contributed by atoms with van der Waals surface area (Å²) in [6, 6.07) is 11.2. The third-order valence-corrected chi connectivity index (χ3v) is 4.74. The van der Waals surface area contributed by atoms with E-state index in [9.17, 15) is 22.4 Å². The van der Waals surface area contributed by atoms with E-state index in [1.807, 2.05) is 0 Å². The lowest BCUT2D eigenvalue weighted by Crippen LogP contribution is -2.37. The van der Waals surface area contributed by atoms with Gasteiger partial charge in [0.1, 0.15) is 12.4 Å². The smallest absolute Gasteiger partial charge is 0.253 e. The Morgan fingerprint density at radius 2 is 1.70 bits per heavy atom. The first-order chi connectivity index (χ1) is 12.6. The van der Waals surface area contributed by atoms with E-state index < -0.39 is 28.3 Å². The molecule has 0 atom stereocenters. The molecule has 0 aromatic heterocycles. The summed E-state index contributed by atoms with van der Waals surface area (Å²) in [5.41, 5.74) is 0.851. The van der Waals surface area contributed by atoms with Crippen LogP contribution in [0.2, 0.25) is 0 Å². The summed E-state index contributed by atoms with van der Waals surface area (Å²) in [6.07, 6.45) is 0.974. The van der Waals surface area contributed by atoms with Gasteiger partial charge in [0.2, 0.25) is 15.9 Å². The summed E-state index contributed by atoms with van der Waals surface area (Å²) < 4.78 is 38.3. The minimum absolute atomic E-state index is 0.223. The average Bonchev–Trinajstić information content (AvgIpc) is 2.58. The molecule has 2 amide bonds. The number of halogens is 1. The van der Waals surface area contributed by atoms with Crippen molar-refractivity contribution in [1.82, 2.24) is 4.90 Å². The SMILES string of the molecule is CN(C)C(=O)c1ccc(N(CC(=O)Nc2cccc(F)c2)S(C)(=O)=O)cc1. The number of hydrogen-bond acceptors (Lipinski definition) is 4. The highest BCUT2D eigenvalue weighted by molar-refractivity contribution is 7.92. The number of carbonyl (C=O) groups excluding carboxylic acids is 2. The van der Waals surface area contributed by atoms with Gasteiger partial charge in [0, 0.05) is 25.3 Å². The lowest BCUT2D eigenvalue weighted by Gasteiger charge is -2.22. The summed E-state index contributed by atoms with van der Waals surface area (Å²) in [5.74, 6) is -1.37. The molecule has 0 saturated carbocycles. The van der Waals surface area contributed by atoms with Crippen LogP contribution in [0.5, 0.6) is 0 Å². The van der Waals surface area contributed by atoms with Gasteiger partial charge >= 0.3 is 0 Å². The normalized spacial score (nSPS) is 11.0. The zero-order chi connectivity index (χ0) is 20.2. The average molecular weight is 393 g/mol. The third kappa shape index (κ3) is 5.52. The number of rotatable bonds is 6. The van der Waals surface area contributed by atoms with Gasteiger partial charge in [-0.2, -0.15) is 0 Å². The van der Waals surface area contributed by atoms with Gasteiger partial charge in [-0.1, -0.05) is 6.07 Å². The Bertz CT molecular complexity index is 943. The molecule has 2 aromatic carbocycles. The maximum Gasteiger partial charge on any atom is 0.253 e. The summed E-state index contributed by atoms with van der Waals surface area (Å²) in [5, 5.41) is 2.45. The molecule has 27 heavy (non-hydrogen) atoms. The van der Waals surface area contributed by atoms with E-state index in [1.54, 1.807) is 14.1 Å². The number of hydrogen-bond donors (Lipinski definition) is 1. The second-order valence-electron chi connectivity index (χ2n) is 6.07. The monoisotopic (exact) mass is 393 g/mol. The van der Waals surface area contributed by atoms with Crippen LogP contribution in [0.1, 0.15) is 10.4 Å². The van der Waals surface area contributed by atoms with Gasteiger partial charge in [0.15, 0.2) is 0 Å². The number of carbonyl (C=O) groups is 2. The highest BCUT2D eigenvalue weighted by Crippen LogP contribution is 2.19. The highest BCUT2D eigenvalue weighted by atomic mass is 32.2. The molecule has 144 valence electrons. The van der Waals surface area contributed by atoms with E-state index >= 15 is 0 Å². The Hall–Kier alpha value is -2.94. The molecule has 7 nitrogen and oxygen atoms in total.